The second-order valence-electron chi connectivity index (χ2n) is 7.02. The standard InChI is InChI=1S/C20H18ClN5O3S4/c21-14-6-5-13(33(27,28)26-7-9-29-10-8-26)11-16(14)22-19-25-24-18(32-19)12-30-20-23-15-3-1-2-4-17(15)31-20/h1-6,11H,7-10,12H2,(H,22,25). The first-order valence-electron chi connectivity index (χ1n) is 9.94. The highest BCUT2D eigenvalue weighted by Crippen LogP contribution is 2.34. The van der Waals surface area contributed by atoms with Gasteiger partial charge in [0.2, 0.25) is 15.2 Å². The molecular weight excluding hydrogens is 522 g/mol. The van der Waals surface area contributed by atoms with Crippen molar-refractivity contribution in [1.82, 2.24) is 19.5 Å². The number of benzene rings is 2. The third-order valence-electron chi connectivity index (χ3n) is 4.85. The van der Waals surface area contributed by atoms with Crippen LogP contribution in [0.3, 0.4) is 0 Å². The van der Waals surface area contributed by atoms with Crippen LogP contribution >= 0.6 is 46.0 Å². The summed E-state index contributed by atoms with van der Waals surface area (Å²) in [5.74, 6) is 0.637. The van der Waals surface area contributed by atoms with Gasteiger partial charge in [-0.2, -0.15) is 4.31 Å². The number of nitrogens with one attached hydrogen (secondary N) is 1. The Morgan fingerprint density at radius 2 is 1.94 bits per heavy atom. The Hall–Kier alpha value is -1.80. The number of hydrogen-bond acceptors (Lipinski definition) is 10. The van der Waals surface area contributed by atoms with E-state index in [4.69, 9.17) is 16.3 Å². The fourth-order valence-corrected chi connectivity index (χ4v) is 7.62. The summed E-state index contributed by atoms with van der Waals surface area (Å²) in [4.78, 5) is 4.79. The minimum absolute atomic E-state index is 0.174. The first-order chi connectivity index (χ1) is 16.0. The second kappa shape index (κ2) is 9.82. The maximum absolute atomic E-state index is 13.0. The first-order valence-corrected chi connectivity index (χ1v) is 14.4. The topological polar surface area (TPSA) is 97.3 Å². The van der Waals surface area contributed by atoms with E-state index >= 15 is 0 Å². The van der Waals surface area contributed by atoms with Crippen LogP contribution in [0.1, 0.15) is 5.01 Å². The van der Waals surface area contributed by atoms with Gasteiger partial charge in [0.1, 0.15) is 5.01 Å². The zero-order valence-corrected chi connectivity index (χ0v) is 21.1. The number of thiazole rings is 1. The van der Waals surface area contributed by atoms with Crippen LogP contribution < -0.4 is 5.32 Å². The third-order valence-corrected chi connectivity index (χ3v) is 10.3. The van der Waals surface area contributed by atoms with E-state index in [9.17, 15) is 8.42 Å². The molecule has 0 spiro atoms. The zero-order valence-electron chi connectivity index (χ0n) is 17.1. The van der Waals surface area contributed by atoms with Gasteiger partial charge in [-0.05, 0) is 30.3 Å². The third kappa shape index (κ3) is 5.16. The fourth-order valence-electron chi connectivity index (χ4n) is 3.21. The molecule has 33 heavy (non-hydrogen) atoms. The SMILES string of the molecule is O=S(=O)(c1ccc(Cl)c(Nc2nnc(CSc3nc4ccccc4s3)s2)c1)N1CCOCC1. The largest absolute Gasteiger partial charge is 0.379 e. The van der Waals surface area contributed by atoms with Crippen molar-refractivity contribution in [2.45, 2.75) is 15.0 Å². The summed E-state index contributed by atoms with van der Waals surface area (Å²) in [5, 5.41) is 13.3. The van der Waals surface area contributed by atoms with Crippen LogP contribution in [0, 0.1) is 0 Å². The molecule has 172 valence electrons. The van der Waals surface area contributed by atoms with Crippen molar-refractivity contribution in [2.75, 3.05) is 31.6 Å². The number of sulfonamides is 1. The molecule has 5 rings (SSSR count). The summed E-state index contributed by atoms with van der Waals surface area (Å²) in [6.07, 6.45) is 0. The Balaban J connectivity index is 1.28. The minimum Gasteiger partial charge on any atom is -0.379 e. The Morgan fingerprint density at radius 3 is 2.76 bits per heavy atom. The van der Waals surface area contributed by atoms with E-state index in [1.165, 1.54) is 27.8 Å². The molecule has 3 heterocycles. The molecule has 0 saturated carbocycles. The van der Waals surface area contributed by atoms with Crippen molar-refractivity contribution < 1.29 is 13.2 Å². The molecule has 0 bridgehead atoms. The highest BCUT2D eigenvalue weighted by molar-refractivity contribution is 8.00. The predicted molar refractivity (Wildman–Crippen MR) is 133 cm³/mol. The molecule has 1 N–H and O–H groups in total. The smallest absolute Gasteiger partial charge is 0.243 e. The number of anilines is 2. The van der Waals surface area contributed by atoms with Gasteiger partial charge in [-0.25, -0.2) is 13.4 Å². The van der Waals surface area contributed by atoms with Gasteiger partial charge in [-0.1, -0.05) is 46.8 Å². The summed E-state index contributed by atoms with van der Waals surface area (Å²) < 4.78 is 34.7. The minimum atomic E-state index is -3.63. The molecule has 4 aromatic rings. The van der Waals surface area contributed by atoms with Gasteiger partial charge >= 0.3 is 0 Å². The average molecular weight is 540 g/mol. The Bertz CT molecular complexity index is 1350. The number of ether oxygens (including phenoxy) is 1. The number of aromatic nitrogens is 3. The van der Waals surface area contributed by atoms with E-state index in [0.29, 0.717) is 47.9 Å². The lowest BCUT2D eigenvalue weighted by Gasteiger charge is -2.26. The fraction of sp³-hybridized carbons (Fsp3) is 0.250. The predicted octanol–water partition coefficient (Wildman–Crippen LogP) is 4.86. The van der Waals surface area contributed by atoms with Crippen LogP contribution in [0.2, 0.25) is 5.02 Å². The van der Waals surface area contributed by atoms with Crippen LogP contribution in [-0.4, -0.2) is 54.2 Å². The summed E-state index contributed by atoms with van der Waals surface area (Å²) in [6.45, 7) is 1.45. The highest BCUT2D eigenvalue weighted by Gasteiger charge is 2.27. The zero-order chi connectivity index (χ0) is 22.8. The van der Waals surface area contributed by atoms with Gasteiger partial charge < -0.3 is 10.1 Å². The Morgan fingerprint density at radius 1 is 1.12 bits per heavy atom. The monoisotopic (exact) mass is 539 g/mol. The molecule has 13 heteroatoms. The molecule has 2 aromatic carbocycles. The van der Waals surface area contributed by atoms with E-state index < -0.39 is 10.0 Å². The van der Waals surface area contributed by atoms with Crippen molar-refractivity contribution >= 4 is 77.1 Å². The second-order valence-corrected chi connectivity index (χ2v) is 12.7. The van der Waals surface area contributed by atoms with Gasteiger partial charge in [-0.15, -0.1) is 21.5 Å². The molecule has 0 atom stereocenters. The molecule has 1 saturated heterocycles. The molecule has 0 unspecified atom stereocenters. The Kier molecular flexibility index (Phi) is 6.84. The van der Waals surface area contributed by atoms with Crippen LogP contribution in [-0.2, 0) is 20.5 Å². The summed E-state index contributed by atoms with van der Waals surface area (Å²) in [6, 6.07) is 12.7. The van der Waals surface area contributed by atoms with E-state index in [1.807, 2.05) is 18.2 Å². The number of para-hydroxylation sites is 1. The summed E-state index contributed by atoms with van der Waals surface area (Å²) >= 11 is 11.0. The normalized spacial score (nSPS) is 15.2. The lowest BCUT2D eigenvalue weighted by atomic mass is 10.3. The molecule has 8 nitrogen and oxygen atoms in total. The molecule has 1 aliphatic rings. The molecule has 1 fully saturated rings. The molecular formula is C20H18ClN5O3S4. The maximum atomic E-state index is 13.0. The van der Waals surface area contributed by atoms with Crippen molar-refractivity contribution in [3.05, 3.63) is 52.5 Å². The van der Waals surface area contributed by atoms with Crippen molar-refractivity contribution in [3.8, 4) is 0 Å². The van der Waals surface area contributed by atoms with Gasteiger partial charge in [0.25, 0.3) is 0 Å². The molecule has 2 aromatic heterocycles. The number of rotatable bonds is 7. The average Bonchev–Trinajstić information content (AvgIpc) is 3.46. The number of hydrogen-bond donors (Lipinski definition) is 1. The van der Waals surface area contributed by atoms with Gasteiger partial charge in [-0.3, -0.25) is 0 Å². The van der Waals surface area contributed by atoms with Crippen molar-refractivity contribution in [2.24, 2.45) is 0 Å². The van der Waals surface area contributed by atoms with E-state index in [2.05, 4.69) is 26.6 Å². The van der Waals surface area contributed by atoms with Crippen LogP contribution in [0.5, 0.6) is 0 Å². The molecule has 0 radical (unpaired) electrons. The maximum Gasteiger partial charge on any atom is 0.243 e. The van der Waals surface area contributed by atoms with E-state index in [0.717, 1.165) is 19.6 Å². The number of fused-ring (bicyclic) bond motifs is 1. The van der Waals surface area contributed by atoms with Gasteiger partial charge in [0.05, 0.1) is 44.8 Å². The lowest BCUT2D eigenvalue weighted by Crippen LogP contribution is -2.40. The Labute approximate surface area is 208 Å². The molecule has 0 amide bonds. The summed E-state index contributed by atoms with van der Waals surface area (Å²) in [7, 11) is -3.63. The highest BCUT2D eigenvalue weighted by atomic mass is 35.5. The number of morpholine rings is 1. The van der Waals surface area contributed by atoms with Crippen LogP contribution in [0.15, 0.2) is 51.7 Å². The van der Waals surface area contributed by atoms with Crippen molar-refractivity contribution in [1.29, 1.82) is 0 Å². The molecule has 1 aliphatic heterocycles. The number of halogens is 1. The van der Waals surface area contributed by atoms with Gasteiger partial charge in [0.15, 0.2) is 4.34 Å². The summed E-state index contributed by atoms with van der Waals surface area (Å²) in [5.41, 5.74) is 1.46. The van der Waals surface area contributed by atoms with E-state index in [-0.39, 0.29) is 4.90 Å². The lowest BCUT2D eigenvalue weighted by molar-refractivity contribution is 0.0730. The van der Waals surface area contributed by atoms with Crippen LogP contribution in [0.25, 0.3) is 10.2 Å². The number of nitrogens with zero attached hydrogens (tertiary/aromatic N) is 4. The first kappa shape index (κ1) is 23.0. The van der Waals surface area contributed by atoms with Crippen molar-refractivity contribution in [3.63, 3.8) is 0 Å². The molecule has 0 aliphatic carbocycles. The van der Waals surface area contributed by atoms with Gasteiger partial charge in [0, 0.05) is 13.1 Å². The quantitative estimate of drug-likeness (QED) is 0.333. The van der Waals surface area contributed by atoms with Crippen LogP contribution in [0.4, 0.5) is 10.8 Å². The van der Waals surface area contributed by atoms with E-state index in [1.54, 1.807) is 29.2 Å². The number of thioether (sulfide) groups is 1.